The summed E-state index contributed by atoms with van der Waals surface area (Å²) in [5.41, 5.74) is 9.52. The van der Waals surface area contributed by atoms with E-state index in [-0.39, 0.29) is 12.1 Å². The van der Waals surface area contributed by atoms with E-state index in [1.807, 2.05) is 24.3 Å². The molecule has 1 aromatic carbocycles. The largest absolute Gasteiger partial charge is 0.362 e. The molecule has 7 nitrogen and oxygen atoms in total. The summed E-state index contributed by atoms with van der Waals surface area (Å²) in [7, 11) is 4.11. The summed E-state index contributed by atoms with van der Waals surface area (Å²) in [6, 6.07) is 14.4. The van der Waals surface area contributed by atoms with E-state index in [2.05, 4.69) is 42.5 Å². The predicted molar refractivity (Wildman–Crippen MR) is 144 cm³/mol. The normalized spacial score (nSPS) is 19.6. The van der Waals surface area contributed by atoms with Crippen LogP contribution in [0.15, 0.2) is 42.5 Å². The highest BCUT2D eigenvalue weighted by atomic mass is 32.1. The van der Waals surface area contributed by atoms with Crippen LogP contribution in [0.25, 0.3) is 10.4 Å². The highest BCUT2D eigenvalue weighted by Crippen LogP contribution is 2.37. The zero-order valence-corrected chi connectivity index (χ0v) is 21.4. The van der Waals surface area contributed by atoms with E-state index in [0.717, 1.165) is 65.7 Å². The van der Waals surface area contributed by atoms with Crippen LogP contribution in [-0.2, 0) is 12.8 Å². The zero-order chi connectivity index (χ0) is 24.4. The second-order valence-corrected chi connectivity index (χ2v) is 10.8. The van der Waals surface area contributed by atoms with Crippen molar-refractivity contribution < 1.29 is 4.79 Å². The first-order valence-corrected chi connectivity index (χ1v) is 13.4. The average molecular weight is 491 g/mol. The number of fused-ring (bicyclic) bond motifs is 1. The van der Waals surface area contributed by atoms with Crippen LogP contribution in [0.2, 0.25) is 0 Å². The van der Waals surface area contributed by atoms with Gasteiger partial charge in [0.05, 0.1) is 10.7 Å². The number of anilines is 3. The van der Waals surface area contributed by atoms with E-state index in [1.54, 1.807) is 16.2 Å². The van der Waals surface area contributed by atoms with Crippen LogP contribution in [0.5, 0.6) is 0 Å². The van der Waals surface area contributed by atoms with Crippen molar-refractivity contribution in [2.75, 3.05) is 29.2 Å². The molecule has 0 saturated heterocycles. The van der Waals surface area contributed by atoms with Crippen LogP contribution in [-0.4, -0.2) is 42.2 Å². The molecule has 2 amide bonds. The minimum Gasteiger partial charge on any atom is -0.362 e. The molecule has 1 fully saturated rings. The number of nitrogens with one attached hydrogen (secondary N) is 1. The Bertz CT molecular complexity index is 1170. The van der Waals surface area contributed by atoms with E-state index in [0.29, 0.717) is 6.04 Å². The van der Waals surface area contributed by atoms with Gasteiger partial charge in [0, 0.05) is 36.6 Å². The Balaban J connectivity index is 1.26. The van der Waals surface area contributed by atoms with Gasteiger partial charge in [0.15, 0.2) is 0 Å². The van der Waals surface area contributed by atoms with Gasteiger partial charge in [-0.3, -0.25) is 4.90 Å². The van der Waals surface area contributed by atoms with Crippen LogP contribution >= 0.6 is 11.3 Å². The Morgan fingerprint density at radius 2 is 1.74 bits per heavy atom. The van der Waals surface area contributed by atoms with Crippen LogP contribution in [0.1, 0.15) is 49.8 Å². The van der Waals surface area contributed by atoms with Crippen molar-refractivity contribution in [3.63, 3.8) is 0 Å². The quantitative estimate of drug-likeness (QED) is 0.479. The number of primary amides is 1. The fourth-order valence-corrected chi connectivity index (χ4v) is 6.44. The van der Waals surface area contributed by atoms with E-state index < -0.39 is 0 Å². The SMILES string of the molecule is CN(C)c1nc(N[C@H]2CC[C@@H](N(C(N)=O)c3ccc(-c4ccccc4)s3)CC2)nc2c1CCCC2. The number of nitrogens with two attached hydrogens (primary N) is 1. The number of amides is 2. The molecule has 0 unspecified atom stereocenters. The minimum absolute atomic E-state index is 0.106. The van der Waals surface area contributed by atoms with Crippen molar-refractivity contribution in [1.29, 1.82) is 0 Å². The van der Waals surface area contributed by atoms with Crippen molar-refractivity contribution in [1.82, 2.24) is 9.97 Å². The molecular formula is C27H34N6OS. The van der Waals surface area contributed by atoms with E-state index in [1.165, 1.54) is 24.1 Å². The lowest BCUT2D eigenvalue weighted by atomic mass is 9.90. The molecule has 35 heavy (non-hydrogen) atoms. The Kier molecular flexibility index (Phi) is 6.90. The minimum atomic E-state index is -0.378. The highest BCUT2D eigenvalue weighted by Gasteiger charge is 2.30. The Morgan fingerprint density at radius 3 is 2.46 bits per heavy atom. The number of hydrogen-bond donors (Lipinski definition) is 2. The maximum atomic E-state index is 12.5. The molecule has 2 aliphatic carbocycles. The molecule has 0 aliphatic heterocycles. The first-order chi connectivity index (χ1) is 17.0. The fraction of sp³-hybridized carbons (Fsp3) is 0.444. The number of aromatic nitrogens is 2. The van der Waals surface area contributed by atoms with Crippen molar-refractivity contribution in [2.24, 2.45) is 5.73 Å². The van der Waals surface area contributed by atoms with E-state index in [9.17, 15) is 4.79 Å². The first kappa shape index (κ1) is 23.6. The highest BCUT2D eigenvalue weighted by molar-refractivity contribution is 7.19. The lowest BCUT2D eigenvalue weighted by Crippen LogP contribution is -2.46. The van der Waals surface area contributed by atoms with Gasteiger partial charge in [0.1, 0.15) is 5.82 Å². The lowest BCUT2D eigenvalue weighted by molar-refractivity contribution is 0.248. The number of carbonyl (C=O) groups is 1. The van der Waals surface area contributed by atoms with E-state index in [4.69, 9.17) is 15.7 Å². The summed E-state index contributed by atoms with van der Waals surface area (Å²) in [4.78, 5) is 27.3. The van der Waals surface area contributed by atoms with Crippen LogP contribution in [0, 0.1) is 0 Å². The van der Waals surface area contributed by atoms with Crippen molar-refractivity contribution in [3.8, 4) is 10.4 Å². The number of benzene rings is 1. The number of urea groups is 1. The number of hydrogen-bond acceptors (Lipinski definition) is 6. The number of nitrogens with zero attached hydrogens (tertiary/aromatic N) is 4. The van der Waals surface area contributed by atoms with Gasteiger partial charge in [-0.05, 0) is 69.1 Å². The molecule has 3 N–H and O–H groups in total. The molecule has 0 atom stereocenters. The lowest BCUT2D eigenvalue weighted by Gasteiger charge is -2.35. The van der Waals surface area contributed by atoms with Crippen LogP contribution < -0.4 is 20.9 Å². The molecule has 2 aromatic heterocycles. The molecule has 3 aromatic rings. The third-order valence-corrected chi connectivity index (χ3v) is 8.24. The summed E-state index contributed by atoms with van der Waals surface area (Å²) in [6.07, 6.45) is 8.17. The Hall–Kier alpha value is -3.13. The van der Waals surface area contributed by atoms with Crippen LogP contribution in [0.3, 0.4) is 0 Å². The third kappa shape index (κ3) is 5.12. The van der Waals surface area contributed by atoms with Gasteiger partial charge in [0.25, 0.3) is 0 Å². The molecule has 184 valence electrons. The van der Waals surface area contributed by atoms with Gasteiger partial charge in [-0.2, -0.15) is 4.98 Å². The molecule has 1 saturated carbocycles. The molecule has 8 heteroatoms. The molecule has 0 bridgehead atoms. The second kappa shape index (κ2) is 10.2. The average Bonchev–Trinajstić information content (AvgIpc) is 3.34. The van der Waals surface area contributed by atoms with E-state index >= 15 is 0 Å². The van der Waals surface area contributed by atoms with Gasteiger partial charge >= 0.3 is 6.03 Å². The summed E-state index contributed by atoms with van der Waals surface area (Å²) in [5, 5.41) is 4.52. The first-order valence-electron chi connectivity index (χ1n) is 12.6. The van der Waals surface area contributed by atoms with Crippen molar-refractivity contribution in [2.45, 2.75) is 63.5 Å². The number of carbonyl (C=O) groups excluding carboxylic acids is 1. The molecule has 2 aliphatic rings. The maximum Gasteiger partial charge on any atom is 0.320 e. The molecule has 0 radical (unpaired) electrons. The Labute approximate surface area is 211 Å². The summed E-state index contributed by atoms with van der Waals surface area (Å²) in [6.45, 7) is 0. The number of aryl methyl sites for hydroxylation is 1. The smallest absolute Gasteiger partial charge is 0.320 e. The maximum absolute atomic E-state index is 12.5. The second-order valence-electron chi connectivity index (χ2n) is 9.76. The predicted octanol–water partition coefficient (Wildman–Crippen LogP) is 5.46. The topological polar surface area (TPSA) is 87.4 Å². The number of rotatable bonds is 6. The zero-order valence-electron chi connectivity index (χ0n) is 20.5. The van der Waals surface area contributed by atoms with Crippen molar-refractivity contribution in [3.05, 3.63) is 53.7 Å². The summed E-state index contributed by atoms with van der Waals surface area (Å²) in [5.74, 6) is 1.77. The number of thiophene rings is 1. The molecule has 0 spiro atoms. The van der Waals surface area contributed by atoms with Crippen molar-refractivity contribution >= 4 is 34.1 Å². The van der Waals surface area contributed by atoms with Gasteiger partial charge in [-0.1, -0.05) is 30.3 Å². The third-order valence-electron chi connectivity index (χ3n) is 7.10. The summed E-state index contributed by atoms with van der Waals surface area (Å²) < 4.78 is 0. The molecular weight excluding hydrogens is 456 g/mol. The van der Waals surface area contributed by atoms with Gasteiger partial charge in [-0.15, -0.1) is 11.3 Å². The fourth-order valence-electron chi connectivity index (χ4n) is 5.35. The van der Waals surface area contributed by atoms with Gasteiger partial charge in [0.2, 0.25) is 5.95 Å². The van der Waals surface area contributed by atoms with Crippen LogP contribution in [0.4, 0.5) is 21.6 Å². The Morgan fingerprint density at radius 1 is 1.00 bits per heavy atom. The van der Waals surface area contributed by atoms with Gasteiger partial charge < -0.3 is 16.0 Å². The standard InChI is InChI=1S/C27H34N6OS/c1-32(2)25-21-10-6-7-11-22(21)30-27(31-25)29-19-12-14-20(15-13-19)33(26(28)34)24-17-16-23(35-24)18-8-4-3-5-9-18/h3-5,8-9,16-17,19-20H,6-7,10-15H2,1-2H3,(H2,28,34)(H,29,30,31)/t19-,20+. The van der Waals surface area contributed by atoms with Gasteiger partial charge in [-0.25, -0.2) is 9.78 Å². The molecule has 5 rings (SSSR count). The monoisotopic (exact) mass is 490 g/mol. The molecule has 2 heterocycles. The summed E-state index contributed by atoms with van der Waals surface area (Å²) >= 11 is 1.62.